The van der Waals surface area contributed by atoms with Crippen LogP contribution in [0.3, 0.4) is 0 Å². The minimum Gasteiger partial charge on any atom is -0.306 e. The number of benzene rings is 2. The van der Waals surface area contributed by atoms with Gasteiger partial charge in [-0.2, -0.15) is 24.6 Å². The minimum absolute atomic E-state index is 0.0512. The molecule has 2 atom stereocenters. The molecule has 1 aromatic heterocycles. The molecule has 0 unspecified atom stereocenters. The van der Waals surface area contributed by atoms with Gasteiger partial charge in [-0.1, -0.05) is 34.1 Å². The van der Waals surface area contributed by atoms with Crippen LogP contribution in [0.1, 0.15) is 24.7 Å². The predicted octanol–water partition coefficient (Wildman–Crippen LogP) is 4.24. The topological polar surface area (TPSA) is 95.1 Å². The van der Waals surface area contributed by atoms with Crippen molar-refractivity contribution in [2.24, 2.45) is 0 Å². The number of aryl methyl sites for hydroxylation is 1. The van der Waals surface area contributed by atoms with Gasteiger partial charge in [0.2, 0.25) is 10.0 Å². The summed E-state index contributed by atoms with van der Waals surface area (Å²) in [6.07, 6.45) is 2.72. The third-order valence-corrected chi connectivity index (χ3v) is 9.12. The molecule has 0 bridgehead atoms. The van der Waals surface area contributed by atoms with Crippen LogP contribution in [0.15, 0.2) is 62.4 Å². The van der Waals surface area contributed by atoms with E-state index in [-0.39, 0.29) is 23.5 Å². The first-order valence-electron chi connectivity index (χ1n) is 10.3. The van der Waals surface area contributed by atoms with Crippen LogP contribution >= 0.6 is 31.9 Å². The van der Waals surface area contributed by atoms with Gasteiger partial charge in [0.15, 0.2) is 6.19 Å². The number of nitrogens with zero attached hydrogens (tertiary/aromatic N) is 6. The molecule has 0 saturated carbocycles. The van der Waals surface area contributed by atoms with E-state index in [9.17, 15) is 13.7 Å². The van der Waals surface area contributed by atoms with Crippen LogP contribution in [0.2, 0.25) is 0 Å². The normalized spacial score (nSPS) is 18.6. The molecule has 172 valence electrons. The molecule has 4 rings (SSSR count). The van der Waals surface area contributed by atoms with E-state index in [0.29, 0.717) is 33.3 Å². The summed E-state index contributed by atoms with van der Waals surface area (Å²) in [6, 6.07) is 14.1. The molecular formula is C22H22Br2N6O2S. The Morgan fingerprint density at radius 3 is 2.58 bits per heavy atom. The maximum absolute atomic E-state index is 13.9. The van der Waals surface area contributed by atoms with Gasteiger partial charge in [-0.05, 0) is 66.5 Å². The summed E-state index contributed by atoms with van der Waals surface area (Å²) >= 11 is 6.77. The zero-order valence-corrected chi connectivity index (χ0v) is 22.0. The maximum atomic E-state index is 13.9. The highest BCUT2D eigenvalue weighted by Crippen LogP contribution is 2.33. The monoisotopic (exact) mass is 592 g/mol. The molecule has 1 fully saturated rings. The number of rotatable bonds is 6. The summed E-state index contributed by atoms with van der Waals surface area (Å²) in [6.45, 7) is 4.13. The Morgan fingerprint density at radius 2 is 1.91 bits per heavy atom. The molecule has 0 amide bonds. The summed E-state index contributed by atoms with van der Waals surface area (Å²) < 4.78 is 30.4. The van der Waals surface area contributed by atoms with Crippen LogP contribution in [0.5, 0.6) is 0 Å². The largest absolute Gasteiger partial charge is 0.306 e. The van der Waals surface area contributed by atoms with Crippen LogP contribution in [0.4, 0.5) is 0 Å². The first-order valence-corrected chi connectivity index (χ1v) is 13.3. The van der Waals surface area contributed by atoms with Crippen molar-refractivity contribution in [1.29, 1.82) is 5.26 Å². The smallest absolute Gasteiger partial charge is 0.244 e. The molecule has 1 aliphatic heterocycles. The van der Waals surface area contributed by atoms with Gasteiger partial charge in [-0.3, -0.25) is 0 Å². The Kier molecular flexibility index (Phi) is 6.91. The highest BCUT2D eigenvalue weighted by Gasteiger charge is 2.40. The molecule has 0 N–H and O–H groups in total. The molecule has 0 aliphatic carbocycles. The molecule has 3 aromatic rings. The SMILES string of the molecule is Cc1nn(-c2ccccc2)nc1CN([C@@H]1C[C@H](C)N(C#N)C1)S(=O)(=O)c1cc(Br)ccc1Br. The average molecular weight is 594 g/mol. The van der Waals surface area contributed by atoms with E-state index in [0.717, 1.165) is 5.69 Å². The highest BCUT2D eigenvalue weighted by molar-refractivity contribution is 9.11. The summed E-state index contributed by atoms with van der Waals surface area (Å²) in [5.74, 6) is 0. The van der Waals surface area contributed by atoms with E-state index in [1.54, 1.807) is 23.1 Å². The number of sulfonamides is 1. The van der Waals surface area contributed by atoms with Crippen LogP contribution in [-0.4, -0.2) is 51.2 Å². The number of hydrogen-bond acceptors (Lipinski definition) is 6. The summed E-state index contributed by atoms with van der Waals surface area (Å²) in [5, 5.41) is 18.6. The molecule has 11 heteroatoms. The second-order valence-electron chi connectivity index (χ2n) is 7.97. The molecule has 8 nitrogen and oxygen atoms in total. The lowest BCUT2D eigenvalue weighted by molar-refractivity contribution is 0.309. The first-order chi connectivity index (χ1) is 15.7. The Hall–Kier alpha value is -2.26. The third kappa shape index (κ3) is 4.84. The molecular weight excluding hydrogens is 572 g/mol. The van der Waals surface area contributed by atoms with Crippen molar-refractivity contribution in [2.45, 2.75) is 43.8 Å². The first kappa shape index (κ1) is 23.9. The number of halogens is 2. The molecule has 2 aromatic carbocycles. The highest BCUT2D eigenvalue weighted by atomic mass is 79.9. The fourth-order valence-corrected chi connectivity index (χ4v) is 6.99. The predicted molar refractivity (Wildman–Crippen MR) is 131 cm³/mol. The zero-order valence-electron chi connectivity index (χ0n) is 18.1. The van der Waals surface area contributed by atoms with E-state index < -0.39 is 10.0 Å². The minimum atomic E-state index is -3.92. The quantitative estimate of drug-likeness (QED) is 0.397. The van der Waals surface area contributed by atoms with Gasteiger partial charge in [-0.15, -0.1) is 0 Å². The van der Waals surface area contributed by atoms with Crippen molar-refractivity contribution >= 4 is 41.9 Å². The molecule has 1 aliphatic rings. The van der Waals surface area contributed by atoms with Crippen LogP contribution < -0.4 is 0 Å². The summed E-state index contributed by atoms with van der Waals surface area (Å²) in [7, 11) is -3.92. The molecule has 0 spiro atoms. The number of likely N-dealkylation sites (tertiary alicyclic amines) is 1. The van der Waals surface area contributed by atoms with Gasteiger partial charge in [0.25, 0.3) is 0 Å². The lowest BCUT2D eigenvalue weighted by atomic mass is 10.2. The van der Waals surface area contributed by atoms with E-state index in [4.69, 9.17) is 0 Å². The Morgan fingerprint density at radius 1 is 1.18 bits per heavy atom. The van der Waals surface area contributed by atoms with Crippen molar-refractivity contribution in [3.8, 4) is 11.9 Å². The fraction of sp³-hybridized carbons (Fsp3) is 0.318. The van der Waals surface area contributed by atoms with Gasteiger partial charge in [0.1, 0.15) is 5.69 Å². The Balaban J connectivity index is 1.75. The van der Waals surface area contributed by atoms with Crippen molar-refractivity contribution in [2.75, 3.05) is 6.54 Å². The van der Waals surface area contributed by atoms with Crippen molar-refractivity contribution in [3.63, 3.8) is 0 Å². The van der Waals surface area contributed by atoms with E-state index in [2.05, 4.69) is 48.3 Å². The molecule has 2 heterocycles. The zero-order chi connectivity index (χ0) is 23.8. The molecule has 0 radical (unpaired) electrons. The summed E-state index contributed by atoms with van der Waals surface area (Å²) in [4.78, 5) is 3.30. The molecule has 33 heavy (non-hydrogen) atoms. The number of nitriles is 1. The van der Waals surface area contributed by atoms with Crippen molar-refractivity contribution in [3.05, 3.63) is 68.9 Å². The van der Waals surface area contributed by atoms with Crippen LogP contribution in [0, 0.1) is 18.4 Å². The average Bonchev–Trinajstić information content (AvgIpc) is 3.35. The second kappa shape index (κ2) is 9.54. The second-order valence-corrected chi connectivity index (χ2v) is 11.6. The fourth-order valence-electron chi connectivity index (χ4n) is 3.94. The van der Waals surface area contributed by atoms with Crippen molar-refractivity contribution in [1.82, 2.24) is 24.2 Å². The maximum Gasteiger partial charge on any atom is 0.244 e. The number of hydrogen-bond donors (Lipinski definition) is 0. The molecule has 1 saturated heterocycles. The van der Waals surface area contributed by atoms with E-state index in [1.807, 2.05) is 44.2 Å². The van der Waals surface area contributed by atoms with Gasteiger partial charge in [-0.25, -0.2) is 8.42 Å². The standard InChI is InChI=1S/C22H22Br2N6O2S/c1-15-10-19(12-28(15)14-25)29(33(31,32)22-11-17(23)8-9-20(22)24)13-21-16(2)26-30(27-21)18-6-4-3-5-7-18/h3-9,11,15,19H,10,12-13H2,1-2H3/t15-,19+/m0/s1. The summed E-state index contributed by atoms with van der Waals surface area (Å²) in [5.41, 5.74) is 2.01. The Labute approximate surface area is 210 Å². The Bertz CT molecular complexity index is 1310. The van der Waals surface area contributed by atoms with Crippen LogP contribution in [-0.2, 0) is 16.6 Å². The van der Waals surface area contributed by atoms with Gasteiger partial charge < -0.3 is 4.90 Å². The lowest BCUT2D eigenvalue weighted by Crippen LogP contribution is -2.41. The van der Waals surface area contributed by atoms with E-state index >= 15 is 0 Å². The van der Waals surface area contributed by atoms with Gasteiger partial charge >= 0.3 is 0 Å². The van der Waals surface area contributed by atoms with Crippen molar-refractivity contribution < 1.29 is 8.42 Å². The van der Waals surface area contributed by atoms with Gasteiger partial charge in [0.05, 0.1) is 22.8 Å². The third-order valence-electron chi connectivity index (χ3n) is 5.74. The van der Waals surface area contributed by atoms with E-state index in [1.165, 1.54) is 9.10 Å². The lowest BCUT2D eigenvalue weighted by Gasteiger charge is -2.27. The number of para-hydroxylation sites is 1. The van der Waals surface area contributed by atoms with Crippen LogP contribution in [0.25, 0.3) is 5.69 Å². The van der Waals surface area contributed by atoms with Gasteiger partial charge in [0, 0.05) is 27.6 Å². The number of aromatic nitrogens is 3.